The van der Waals surface area contributed by atoms with Gasteiger partial charge in [-0.1, -0.05) is 36.4 Å². The maximum Gasteiger partial charge on any atom is 0.0495 e. The molecule has 0 spiro atoms. The van der Waals surface area contributed by atoms with Crippen molar-refractivity contribution in [1.82, 2.24) is 15.0 Å². The van der Waals surface area contributed by atoms with Gasteiger partial charge in [-0.05, 0) is 23.1 Å². The van der Waals surface area contributed by atoms with Crippen molar-refractivity contribution in [2.75, 3.05) is 0 Å². The summed E-state index contributed by atoms with van der Waals surface area (Å²) in [5, 5.41) is 4.74. The van der Waals surface area contributed by atoms with E-state index in [9.17, 15) is 0 Å². The van der Waals surface area contributed by atoms with Crippen LogP contribution in [-0.4, -0.2) is 15.0 Å². The lowest BCUT2D eigenvalue weighted by molar-refractivity contribution is 1.36. The van der Waals surface area contributed by atoms with E-state index in [0.29, 0.717) is 0 Å². The summed E-state index contributed by atoms with van der Waals surface area (Å²) in [6.07, 6.45) is 7.57. The normalized spacial score (nSPS) is 11.5. The molecule has 3 nitrogen and oxygen atoms in total. The molecule has 3 heterocycles. The van der Waals surface area contributed by atoms with E-state index in [1.165, 1.54) is 16.3 Å². The fraction of sp³-hybridized carbons (Fsp3) is 0. The number of benzene rings is 2. The number of pyridine rings is 2. The van der Waals surface area contributed by atoms with Crippen LogP contribution in [0.5, 0.6) is 0 Å². The average Bonchev–Trinajstić information content (AvgIpc) is 2.99. The third-order valence-corrected chi connectivity index (χ3v) is 4.38. The predicted octanol–water partition coefficient (Wildman–Crippen LogP) is 4.93. The minimum Gasteiger partial charge on any atom is -0.354 e. The number of hydrogen-bond acceptors (Lipinski definition) is 2. The van der Waals surface area contributed by atoms with Crippen molar-refractivity contribution >= 4 is 32.6 Å². The summed E-state index contributed by atoms with van der Waals surface area (Å²) in [4.78, 5) is 12.1. The van der Waals surface area contributed by atoms with Crippen LogP contribution in [0, 0.1) is 0 Å². The molecule has 3 heteroatoms. The summed E-state index contributed by atoms with van der Waals surface area (Å²) >= 11 is 0. The van der Waals surface area contributed by atoms with Crippen molar-refractivity contribution in [3.8, 4) is 11.1 Å². The first-order chi connectivity index (χ1) is 11.4. The molecule has 3 aromatic heterocycles. The Morgan fingerprint density at radius 3 is 2.65 bits per heavy atom. The van der Waals surface area contributed by atoms with E-state index < -0.39 is 0 Å². The predicted molar refractivity (Wildman–Crippen MR) is 94.3 cm³/mol. The van der Waals surface area contributed by atoms with Crippen LogP contribution < -0.4 is 0 Å². The van der Waals surface area contributed by atoms with Crippen LogP contribution in [0.3, 0.4) is 0 Å². The van der Waals surface area contributed by atoms with Crippen molar-refractivity contribution in [2.45, 2.75) is 0 Å². The highest BCUT2D eigenvalue weighted by atomic mass is 14.7. The van der Waals surface area contributed by atoms with Gasteiger partial charge in [-0.2, -0.15) is 0 Å². The van der Waals surface area contributed by atoms with Crippen molar-refractivity contribution in [2.24, 2.45) is 0 Å². The lowest BCUT2D eigenvalue weighted by atomic mass is 10.00. The Labute approximate surface area is 132 Å². The summed E-state index contributed by atoms with van der Waals surface area (Å²) in [6, 6.07) is 16.9. The molecule has 0 saturated heterocycles. The van der Waals surface area contributed by atoms with Crippen LogP contribution in [0.15, 0.2) is 73.3 Å². The van der Waals surface area contributed by atoms with Gasteiger partial charge in [0.15, 0.2) is 0 Å². The van der Waals surface area contributed by atoms with Gasteiger partial charge in [0.25, 0.3) is 0 Å². The zero-order valence-electron chi connectivity index (χ0n) is 12.3. The molecule has 0 radical (unpaired) electrons. The highest BCUT2D eigenvalue weighted by molar-refractivity contribution is 6.08. The topological polar surface area (TPSA) is 41.6 Å². The van der Waals surface area contributed by atoms with Crippen LogP contribution in [-0.2, 0) is 0 Å². The van der Waals surface area contributed by atoms with Crippen molar-refractivity contribution < 1.29 is 0 Å². The van der Waals surface area contributed by atoms with E-state index in [0.717, 1.165) is 27.4 Å². The second-order valence-corrected chi connectivity index (χ2v) is 5.71. The molecule has 0 bridgehead atoms. The minimum atomic E-state index is 1.11. The molecular weight excluding hydrogens is 282 g/mol. The molecule has 0 amide bonds. The smallest absolute Gasteiger partial charge is 0.0495 e. The van der Waals surface area contributed by atoms with Crippen LogP contribution in [0.2, 0.25) is 0 Å². The second-order valence-electron chi connectivity index (χ2n) is 5.71. The van der Waals surface area contributed by atoms with Gasteiger partial charge in [-0.15, -0.1) is 0 Å². The zero-order chi connectivity index (χ0) is 15.2. The maximum atomic E-state index is 4.39. The Bertz CT molecular complexity index is 1170. The van der Waals surface area contributed by atoms with Gasteiger partial charge in [0.05, 0.1) is 0 Å². The number of fused-ring (bicyclic) bond motifs is 4. The van der Waals surface area contributed by atoms with Crippen molar-refractivity contribution in [3.05, 3.63) is 73.3 Å². The molecule has 0 aliphatic carbocycles. The number of hydrogen-bond donors (Lipinski definition) is 1. The summed E-state index contributed by atoms with van der Waals surface area (Å²) in [5.74, 6) is 0. The summed E-state index contributed by atoms with van der Waals surface area (Å²) < 4.78 is 0. The highest BCUT2D eigenvalue weighted by Gasteiger charge is 2.08. The van der Waals surface area contributed by atoms with E-state index in [1.54, 1.807) is 0 Å². The Hall–Kier alpha value is -3.20. The lowest BCUT2D eigenvalue weighted by Crippen LogP contribution is -1.84. The molecule has 108 valence electrons. The number of rotatable bonds is 1. The van der Waals surface area contributed by atoms with Crippen LogP contribution in [0.4, 0.5) is 0 Å². The monoisotopic (exact) mass is 295 g/mol. The first-order valence-electron chi connectivity index (χ1n) is 7.59. The number of H-pyrrole nitrogens is 1. The van der Waals surface area contributed by atoms with Crippen LogP contribution in [0.25, 0.3) is 43.7 Å². The quantitative estimate of drug-likeness (QED) is 0.476. The Kier molecular flexibility index (Phi) is 2.50. The van der Waals surface area contributed by atoms with Gasteiger partial charge < -0.3 is 4.98 Å². The maximum absolute atomic E-state index is 4.39. The van der Waals surface area contributed by atoms with Gasteiger partial charge in [0.1, 0.15) is 0 Å². The first-order valence-corrected chi connectivity index (χ1v) is 7.59. The van der Waals surface area contributed by atoms with E-state index >= 15 is 0 Å². The summed E-state index contributed by atoms with van der Waals surface area (Å²) in [6.45, 7) is 0. The zero-order valence-corrected chi connectivity index (χ0v) is 12.3. The van der Waals surface area contributed by atoms with Crippen molar-refractivity contribution in [1.29, 1.82) is 0 Å². The van der Waals surface area contributed by atoms with Crippen molar-refractivity contribution in [3.63, 3.8) is 0 Å². The van der Waals surface area contributed by atoms with Gasteiger partial charge in [-0.25, -0.2) is 0 Å². The van der Waals surface area contributed by atoms with E-state index in [4.69, 9.17) is 0 Å². The standard InChI is InChI=1S/C20H13N3/c1-2-4-15-14(3-1)10-22-11-17(15)13-5-6-16-18-12-21-8-7-19(18)23-20(16)9-13/h1-12,23H. The second kappa shape index (κ2) is 4.65. The molecule has 0 unspecified atom stereocenters. The molecule has 5 aromatic rings. The molecule has 0 saturated carbocycles. The third kappa shape index (κ3) is 1.83. The minimum absolute atomic E-state index is 1.11. The SMILES string of the molecule is c1ccc2c(-c3ccc4c(c3)[nH]c3ccncc34)cncc2c1. The summed E-state index contributed by atoms with van der Waals surface area (Å²) in [7, 11) is 0. The number of aromatic amines is 1. The average molecular weight is 295 g/mol. The van der Waals surface area contributed by atoms with E-state index in [-0.39, 0.29) is 0 Å². The van der Waals surface area contributed by atoms with Crippen LogP contribution >= 0.6 is 0 Å². The first kappa shape index (κ1) is 12.4. The Balaban J connectivity index is 1.81. The molecule has 5 rings (SSSR count). The molecule has 0 atom stereocenters. The van der Waals surface area contributed by atoms with E-state index in [1.807, 2.05) is 36.9 Å². The van der Waals surface area contributed by atoms with Gasteiger partial charge >= 0.3 is 0 Å². The van der Waals surface area contributed by atoms with E-state index in [2.05, 4.69) is 51.4 Å². The van der Waals surface area contributed by atoms with Crippen LogP contribution in [0.1, 0.15) is 0 Å². The molecule has 0 aliphatic rings. The molecule has 23 heavy (non-hydrogen) atoms. The van der Waals surface area contributed by atoms with Gasteiger partial charge in [-0.3, -0.25) is 9.97 Å². The number of nitrogens with one attached hydrogen (secondary N) is 1. The molecule has 0 fully saturated rings. The van der Waals surface area contributed by atoms with Gasteiger partial charge in [0, 0.05) is 57.5 Å². The Morgan fingerprint density at radius 1 is 0.696 bits per heavy atom. The number of nitrogens with zero attached hydrogens (tertiary/aromatic N) is 2. The fourth-order valence-electron chi connectivity index (χ4n) is 3.26. The summed E-state index contributed by atoms with van der Waals surface area (Å²) in [5.41, 5.74) is 4.56. The van der Waals surface area contributed by atoms with Gasteiger partial charge in [0.2, 0.25) is 0 Å². The fourth-order valence-corrected chi connectivity index (χ4v) is 3.26. The number of aromatic nitrogens is 3. The molecular formula is C20H13N3. The largest absolute Gasteiger partial charge is 0.354 e. The molecule has 1 N–H and O–H groups in total. The molecule has 0 aliphatic heterocycles. The molecule has 2 aromatic carbocycles. The highest BCUT2D eigenvalue weighted by Crippen LogP contribution is 2.32. The Morgan fingerprint density at radius 2 is 1.65 bits per heavy atom. The lowest BCUT2D eigenvalue weighted by Gasteiger charge is -2.06. The third-order valence-electron chi connectivity index (χ3n) is 4.38.